The molecule has 0 spiro atoms. The van der Waals surface area contributed by atoms with E-state index in [1.807, 2.05) is 0 Å². The number of carbonyl (C=O) groups excluding carboxylic acids is 1. The van der Waals surface area contributed by atoms with Crippen molar-refractivity contribution in [3.05, 3.63) is 35.4 Å². The number of nitrogens with one attached hydrogen (secondary N) is 2. The summed E-state index contributed by atoms with van der Waals surface area (Å²) in [6.45, 7) is 5.06. The van der Waals surface area contributed by atoms with Gasteiger partial charge in [-0.25, -0.2) is 0 Å². The predicted octanol–water partition coefficient (Wildman–Crippen LogP) is 2.96. The Bertz CT molecular complexity index is 458. The van der Waals surface area contributed by atoms with Crippen molar-refractivity contribution in [1.29, 1.82) is 0 Å². The molecule has 0 aliphatic rings. The molecule has 2 N–H and O–H groups in total. The summed E-state index contributed by atoms with van der Waals surface area (Å²) in [5, 5.41) is 5.59. The van der Waals surface area contributed by atoms with Crippen LogP contribution in [0.15, 0.2) is 24.3 Å². The second-order valence-electron chi connectivity index (χ2n) is 5.33. The lowest BCUT2D eigenvalue weighted by Crippen LogP contribution is -2.34. The van der Waals surface area contributed by atoms with E-state index in [4.69, 9.17) is 0 Å². The third kappa shape index (κ3) is 7.13. The third-order valence-corrected chi connectivity index (χ3v) is 2.91. The van der Waals surface area contributed by atoms with E-state index in [2.05, 4.69) is 24.5 Å². The van der Waals surface area contributed by atoms with Gasteiger partial charge < -0.3 is 10.6 Å². The molecule has 118 valence electrons. The number of carbonyl (C=O) groups is 1. The largest absolute Gasteiger partial charge is 0.416 e. The topological polar surface area (TPSA) is 41.1 Å². The molecule has 0 aromatic heterocycles. The van der Waals surface area contributed by atoms with E-state index in [1.165, 1.54) is 6.07 Å². The Labute approximate surface area is 122 Å². The fraction of sp³-hybridized carbons (Fsp3) is 0.533. The Balaban J connectivity index is 2.34. The monoisotopic (exact) mass is 302 g/mol. The van der Waals surface area contributed by atoms with Gasteiger partial charge >= 0.3 is 6.18 Å². The molecule has 1 aromatic rings. The van der Waals surface area contributed by atoms with Gasteiger partial charge in [-0.2, -0.15) is 13.2 Å². The Morgan fingerprint density at radius 1 is 1.29 bits per heavy atom. The maximum atomic E-state index is 12.5. The van der Waals surface area contributed by atoms with Crippen molar-refractivity contribution >= 4 is 5.91 Å². The maximum absolute atomic E-state index is 12.5. The summed E-state index contributed by atoms with van der Waals surface area (Å²) in [6, 6.07) is 5.08. The van der Waals surface area contributed by atoms with Crippen LogP contribution in [0, 0.1) is 5.92 Å². The number of hydrogen-bond donors (Lipinski definition) is 2. The van der Waals surface area contributed by atoms with Gasteiger partial charge in [-0.05, 0) is 24.0 Å². The van der Waals surface area contributed by atoms with Gasteiger partial charge in [0.05, 0.1) is 12.1 Å². The van der Waals surface area contributed by atoms with E-state index < -0.39 is 11.7 Å². The van der Waals surface area contributed by atoms with Crippen molar-refractivity contribution in [2.45, 2.75) is 33.0 Å². The van der Waals surface area contributed by atoms with Crippen LogP contribution in [0.5, 0.6) is 0 Å². The van der Waals surface area contributed by atoms with Gasteiger partial charge in [-0.1, -0.05) is 32.0 Å². The van der Waals surface area contributed by atoms with Gasteiger partial charge in [0.1, 0.15) is 0 Å². The molecule has 0 saturated heterocycles. The molecule has 6 heteroatoms. The van der Waals surface area contributed by atoms with Crippen LogP contribution < -0.4 is 10.6 Å². The van der Waals surface area contributed by atoms with Crippen molar-refractivity contribution in [3.8, 4) is 0 Å². The molecule has 1 rings (SSSR count). The van der Waals surface area contributed by atoms with Crippen molar-refractivity contribution in [3.63, 3.8) is 0 Å². The van der Waals surface area contributed by atoms with Gasteiger partial charge in [0, 0.05) is 13.1 Å². The highest BCUT2D eigenvalue weighted by atomic mass is 19.4. The first-order valence-electron chi connectivity index (χ1n) is 6.92. The zero-order valence-corrected chi connectivity index (χ0v) is 12.3. The molecule has 3 nitrogen and oxygen atoms in total. The molecule has 0 aliphatic heterocycles. The van der Waals surface area contributed by atoms with E-state index in [0.29, 0.717) is 18.0 Å². The third-order valence-electron chi connectivity index (χ3n) is 2.91. The molecule has 1 amide bonds. The zero-order chi connectivity index (χ0) is 15.9. The number of amides is 1. The van der Waals surface area contributed by atoms with Crippen LogP contribution in [0.25, 0.3) is 0 Å². The minimum absolute atomic E-state index is 0.0916. The normalized spacial score (nSPS) is 11.7. The lowest BCUT2D eigenvalue weighted by atomic mass is 10.1. The second-order valence-corrected chi connectivity index (χ2v) is 5.33. The van der Waals surface area contributed by atoms with Gasteiger partial charge in [-0.15, -0.1) is 0 Å². The van der Waals surface area contributed by atoms with E-state index in [9.17, 15) is 18.0 Å². The summed E-state index contributed by atoms with van der Waals surface area (Å²) < 4.78 is 37.6. The highest BCUT2D eigenvalue weighted by molar-refractivity contribution is 5.77. The van der Waals surface area contributed by atoms with E-state index in [0.717, 1.165) is 18.6 Å². The van der Waals surface area contributed by atoms with Crippen molar-refractivity contribution in [2.24, 2.45) is 5.92 Å². The summed E-state index contributed by atoms with van der Waals surface area (Å²) in [6.07, 6.45) is -3.44. The lowest BCUT2D eigenvalue weighted by molar-refractivity contribution is -0.137. The Kier molecular flexibility index (Phi) is 6.68. The fourth-order valence-corrected chi connectivity index (χ4v) is 1.74. The molecular formula is C15H21F3N2O. The standard InChI is InChI=1S/C15H21F3N2O/c1-11(2)6-7-20-14(21)10-19-9-12-4-3-5-13(8-12)15(16,17)18/h3-5,8,11,19H,6-7,9-10H2,1-2H3,(H,20,21). The average Bonchev–Trinajstić information content (AvgIpc) is 2.37. The molecular weight excluding hydrogens is 281 g/mol. The van der Waals surface area contributed by atoms with Crippen LogP contribution in [0.3, 0.4) is 0 Å². The molecule has 1 aromatic carbocycles. The van der Waals surface area contributed by atoms with Crippen LogP contribution in [0.4, 0.5) is 13.2 Å². The molecule has 0 bridgehead atoms. The Morgan fingerprint density at radius 2 is 2.00 bits per heavy atom. The summed E-state index contributed by atoms with van der Waals surface area (Å²) in [5.41, 5.74) is -0.178. The first-order chi connectivity index (χ1) is 9.79. The van der Waals surface area contributed by atoms with Gasteiger partial charge in [0.25, 0.3) is 0 Å². The first kappa shape index (κ1) is 17.5. The molecule has 0 fully saturated rings. The SMILES string of the molecule is CC(C)CCNC(=O)CNCc1cccc(C(F)(F)F)c1. The van der Waals surface area contributed by atoms with Crippen molar-refractivity contribution in [2.75, 3.05) is 13.1 Å². The highest BCUT2D eigenvalue weighted by Gasteiger charge is 2.30. The van der Waals surface area contributed by atoms with Crippen LogP contribution in [-0.4, -0.2) is 19.0 Å². The summed E-state index contributed by atoms with van der Waals surface area (Å²) >= 11 is 0. The number of benzene rings is 1. The van der Waals surface area contributed by atoms with Crippen LogP contribution in [0.2, 0.25) is 0 Å². The van der Waals surface area contributed by atoms with Gasteiger partial charge in [0.2, 0.25) is 5.91 Å². The highest BCUT2D eigenvalue weighted by Crippen LogP contribution is 2.29. The Hall–Kier alpha value is -1.56. The molecule has 21 heavy (non-hydrogen) atoms. The van der Waals surface area contributed by atoms with Crippen LogP contribution in [-0.2, 0) is 17.5 Å². The van der Waals surface area contributed by atoms with Crippen LogP contribution in [0.1, 0.15) is 31.4 Å². The molecule has 0 heterocycles. The molecule has 0 radical (unpaired) electrons. The van der Waals surface area contributed by atoms with Crippen molar-refractivity contribution in [1.82, 2.24) is 10.6 Å². The summed E-state index contributed by atoms with van der Waals surface area (Å²) in [4.78, 5) is 11.5. The van der Waals surface area contributed by atoms with E-state index in [1.54, 1.807) is 6.07 Å². The second kappa shape index (κ2) is 8.02. The smallest absolute Gasteiger partial charge is 0.355 e. The summed E-state index contributed by atoms with van der Waals surface area (Å²) in [7, 11) is 0. The molecule has 0 atom stereocenters. The summed E-state index contributed by atoms with van der Waals surface area (Å²) in [5.74, 6) is 0.367. The van der Waals surface area contributed by atoms with Gasteiger partial charge in [-0.3, -0.25) is 4.79 Å². The maximum Gasteiger partial charge on any atom is 0.416 e. The first-order valence-corrected chi connectivity index (χ1v) is 6.92. The molecule has 0 unspecified atom stereocenters. The molecule has 0 aliphatic carbocycles. The molecule has 0 saturated carbocycles. The quantitative estimate of drug-likeness (QED) is 0.813. The average molecular weight is 302 g/mol. The minimum Gasteiger partial charge on any atom is -0.355 e. The van der Waals surface area contributed by atoms with Crippen molar-refractivity contribution < 1.29 is 18.0 Å². The zero-order valence-electron chi connectivity index (χ0n) is 12.3. The van der Waals surface area contributed by atoms with Gasteiger partial charge in [0.15, 0.2) is 0 Å². The van der Waals surface area contributed by atoms with Crippen LogP contribution >= 0.6 is 0 Å². The number of hydrogen-bond acceptors (Lipinski definition) is 2. The number of rotatable bonds is 7. The van der Waals surface area contributed by atoms with E-state index in [-0.39, 0.29) is 19.0 Å². The fourth-order valence-electron chi connectivity index (χ4n) is 1.74. The predicted molar refractivity (Wildman–Crippen MR) is 75.6 cm³/mol. The number of alkyl halides is 3. The number of halogens is 3. The Morgan fingerprint density at radius 3 is 2.62 bits per heavy atom. The van der Waals surface area contributed by atoms with E-state index >= 15 is 0 Å². The minimum atomic E-state index is -4.34. The lowest BCUT2D eigenvalue weighted by Gasteiger charge is -2.10.